The molecule has 19 heavy (non-hydrogen) atoms. The van der Waals surface area contributed by atoms with Crippen LogP contribution < -0.4 is 0 Å². The summed E-state index contributed by atoms with van der Waals surface area (Å²) in [5, 5.41) is 0. The number of allylic oxidation sites excluding steroid dienone is 1. The van der Waals surface area contributed by atoms with Crippen LogP contribution >= 0.6 is 11.8 Å². The average Bonchev–Trinajstić information content (AvgIpc) is 2.87. The van der Waals surface area contributed by atoms with Crippen LogP contribution in [0.2, 0.25) is 0 Å². The maximum Gasteiger partial charge on any atom is 0.0886 e. The molecule has 0 aromatic rings. The highest BCUT2D eigenvalue weighted by molar-refractivity contribution is 8.03. The van der Waals surface area contributed by atoms with Crippen LogP contribution in [-0.2, 0) is 4.74 Å². The van der Waals surface area contributed by atoms with Crippen molar-refractivity contribution >= 4 is 11.8 Å². The fourth-order valence-electron chi connectivity index (χ4n) is 3.34. The largest absolute Gasteiger partial charge is 0.376 e. The summed E-state index contributed by atoms with van der Waals surface area (Å²) >= 11 is 2.07. The summed E-state index contributed by atoms with van der Waals surface area (Å²) in [6, 6.07) is 0. The molecule has 0 N–H and O–H groups in total. The summed E-state index contributed by atoms with van der Waals surface area (Å²) < 4.78 is 5.67. The Hall–Kier alpha value is 0.0500. The van der Waals surface area contributed by atoms with E-state index < -0.39 is 0 Å². The molecule has 0 aromatic carbocycles. The van der Waals surface area contributed by atoms with E-state index in [-0.39, 0.29) is 0 Å². The standard InChI is InChI=1S/C17H30OS/c1-18-16-13-14-19-17(16)15-11-9-7-5-3-2-4-6-8-10-12-15/h16H,2-14H2,1H3. The molecule has 1 saturated carbocycles. The van der Waals surface area contributed by atoms with Gasteiger partial charge >= 0.3 is 0 Å². The Bertz CT molecular complexity index is 271. The Balaban J connectivity index is 1.95. The third-order valence-electron chi connectivity index (χ3n) is 4.52. The van der Waals surface area contributed by atoms with Crippen LogP contribution in [0.3, 0.4) is 0 Å². The number of ether oxygens (including phenoxy) is 1. The van der Waals surface area contributed by atoms with Crippen molar-refractivity contribution in [1.29, 1.82) is 0 Å². The highest BCUT2D eigenvalue weighted by atomic mass is 32.2. The number of hydrogen-bond acceptors (Lipinski definition) is 2. The van der Waals surface area contributed by atoms with Crippen molar-refractivity contribution in [3.05, 3.63) is 10.5 Å². The van der Waals surface area contributed by atoms with Gasteiger partial charge in [-0.2, -0.15) is 0 Å². The van der Waals surface area contributed by atoms with Gasteiger partial charge in [-0.3, -0.25) is 0 Å². The van der Waals surface area contributed by atoms with Crippen molar-refractivity contribution in [2.75, 3.05) is 12.9 Å². The first-order chi connectivity index (χ1) is 9.42. The summed E-state index contributed by atoms with van der Waals surface area (Å²) in [5.41, 5.74) is 1.75. The number of methoxy groups -OCH3 is 1. The van der Waals surface area contributed by atoms with Gasteiger partial charge in [-0.25, -0.2) is 0 Å². The molecular weight excluding hydrogens is 252 g/mol. The van der Waals surface area contributed by atoms with E-state index in [0.29, 0.717) is 6.10 Å². The molecule has 1 unspecified atom stereocenters. The van der Waals surface area contributed by atoms with E-state index in [9.17, 15) is 0 Å². The van der Waals surface area contributed by atoms with Crippen LogP contribution in [-0.4, -0.2) is 19.0 Å². The van der Waals surface area contributed by atoms with E-state index in [1.165, 1.54) is 82.8 Å². The Morgan fingerprint density at radius 1 is 0.842 bits per heavy atom. The average molecular weight is 282 g/mol. The fourth-order valence-corrected chi connectivity index (χ4v) is 4.70. The third-order valence-corrected chi connectivity index (χ3v) is 5.82. The number of rotatable bonds is 1. The molecule has 110 valence electrons. The molecule has 2 rings (SSSR count). The predicted molar refractivity (Wildman–Crippen MR) is 85.7 cm³/mol. The van der Waals surface area contributed by atoms with Crippen LogP contribution in [0.5, 0.6) is 0 Å². The van der Waals surface area contributed by atoms with Crippen LogP contribution in [0.1, 0.15) is 77.0 Å². The molecular formula is C17H30OS. The second kappa shape index (κ2) is 9.07. The zero-order chi connectivity index (χ0) is 13.3. The van der Waals surface area contributed by atoms with Crippen LogP contribution in [0.15, 0.2) is 10.5 Å². The Kier molecular flexibility index (Phi) is 7.37. The summed E-state index contributed by atoms with van der Waals surface area (Å²) in [6.07, 6.45) is 17.3. The maximum absolute atomic E-state index is 5.67. The first-order valence-electron chi connectivity index (χ1n) is 8.29. The lowest BCUT2D eigenvalue weighted by Crippen LogP contribution is -2.09. The first-order valence-corrected chi connectivity index (χ1v) is 9.28. The second-order valence-corrected chi connectivity index (χ2v) is 7.15. The van der Waals surface area contributed by atoms with Crippen LogP contribution in [0.4, 0.5) is 0 Å². The van der Waals surface area contributed by atoms with Gasteiger partial charge in [0.15, 0.2) is 0 Å². The molecule has 0 radical (unpaired) electrons. The Morgan fingerprint density at radius 3 is 1.89 bits per heavy atom. The minimum atomic E-state index is 0.424. The number of hydrogen-bond donors (Lipinski definition) is 0. The van der Waals surface area contributed by atoms with Gasteiger partial charge in [-0.15, -0.1) is 11.8 Å². The first kappa shape index (κ1) is 15.4. The van der Waals surface area contributed by atoms with Crippen molar-refractivity contribution in [3.8, 4) is 0 Å². The summed E-state index contributed by atoms with van der Waals surface area (Å²) in [5.74, 6) is 1.26. The lowest BCUT2D eigenvalue weighted by Gasteiger charge is -2.17. The molecule has 1 aliphatic carbocycles. The van der Waals surface area contributed by atoms with Crippen LogP contribution in [0, 0.1) is 0 Å². The summed E-state index contributed by atoms with van der Waals surface area (Å²) in [4.78, 5) is 1.61. The lowest BCUT2D eigenvalue weighted by molar-refractivity contribution is 0.138. The van der Waals surface area contributed by atoms with Gasteiger partial charge in [0.25, 0.3) is 0 Å². The fraction of sp³-hybridized carbons (Fsp3) is 0.882. The normalized spacial score (nSPS) is 27.9. The van der Waals surface area contributed by atoms with Crippen molar-refractivity contribution in [3.63, 3.8) is 0 Å². The van der Waals surface area contributed by atoms with Gasteiger partial charge in [-0.05, 0) is 32.1 Å². The maximum atomic E-state index is 5.67. The molecule has 0 aromatic heterocycles. The predicted octanol–water partition coefficient (Wildman–Crippen LogP) is 5.70. The second-order valence-electron chi connectivity index (χ2n) is 6.01. The third kappa shape index (κ3) is 5.15. The summed E-state index contributed by atoms with van der Waals surface area (Å²) in [7, 11) is 1.88. The van der Waals surface area contributed by atoms with Crippen LogP contribution in [0.25, 0.3) is 0 Å². The minimum absolute atomic E-state index is 0.424. The quantitative estimate of drug-likeness (QED) is 0.610. The smallest absolute Gasteiger partial charge is 0.0886 e. The SMILES string of the molecule is COC1CCSC1=C1CCCCCCCCCCC1. The van der Waals surface area contributed by atoms with E-state index in [2.05, 4.69) is 11.8 Å². The van der Waals surface area contributed by atoms with E-state index in [0.717, 1.165) is 0 Å². The molecule has 2 fully saturated rings. The zero-order valence-corrected chi connectivity index (χ0v) is 13.4. The molecule has 1 aliphatic heterocycles. The van der Waals surface area contributed by atoms with E-state index in [4.69, 9.17) is 4.74 Å². The molecule has 1 heterocycles. The van der Waals surface area contributed by atoms with Gasteiger partial charge < -0.3 is 4.74 Å². The molecule has 2 heteroatoms. The summed E-state index contributed by atoms with van der Waals surface area (Å²) in [6.45, 7) is 0. The van der Waals surface area contributed by atoms with Crippen molar-refractivity contribution < 1.29 is 4.74 Å². The number of thioether (sulfide) groups is 1. The molecule has 0 bridgehead atoms. The van der Waals surface area contributed by atoms with Gasteiger partial charge in [0, 0.05) is 17.8 Å². The highest BCUT2D eigenvalue weighted by Gasteiger charge is 2.24. The highest BCUT2D eigenvalue weighted by Crippen LogP contribution is 2.38. The van der Waals surface area contributed by atoms with Gasteiger partial charge in [-0.1, -0.05) is 50.5 Å². The zero-order valence-electron chi connectivity index (χ0n) is 12.6. The van der Waals surface area contributed by atoms with Crippen molar-refractivity contribution in [1.82, 2.24) is 0 Å². The van der Waals surface area contributed by atoms with Gasteiger partial charge in [0.2, 0.25) is 0 Å². The topological polar surface area (TPSA) is 9.23 Å². The van der Waals surface area contributed by atoms with E-state index in [1.807, 2.05) is 7.11 Å². The molecule has 1 nitrogen and oxygen atoms in total. The molecule has 2 aliphatic rings. The van der Waals surface area contributed by atoms with E-state index >= 15 is 0 Å². The molecule has 0 amide bonds. The monoisotopic (exact) mass is 282 g/mol. The minimum Gasteiger partial charge on any atom is -0.376 e. The lowest BCUT2D eigenvalue weighted by atomic mass is 9.96. The molecule has 1 atom stereocenters. The molecule has 0 spiro atoms. The molecule has 1 saturated heterocycles. The van der Waals surface area contributed by atoms with Crippen molar-refractivity contribution in [2.24, 2.45) is 0 Å². The Labute approximate surface area is 123 Å². The van der Waals surface area contributed by atoms with Crippen molar-refractivity contribution in [2.45, 2.75) is 83.2 Å². The van der Waals surface area contributed by atoms with Gasteiger partial charge in [0.1, 0.15) is 0 Å². The Morgan fingerprint density at radius 2 is 1.37 bits per heavy atom. The van der Waals surface area contributed by atoms with Gasteiger partial charge in [0.05, 0.1) is 6.10 Å². The van der Waals surface area contributed by atoms with E-state index in [1.54, 1.807) is 10.5 Å².